The van der Waals surface area contributed by atoms with Crippen molar-refractivity contribution < 1.29 is 9.13 Å². The summed E-state index contributed by atoms with van der Waals surface area (Å²) in [5.74, 6) is -0.265. The van der Waals surface area contributed by atoms with Gasteiger partial charge in [0.05, 0.1) is 18.0 Å². The van der Waals surface area contributed by atoms with E-state index in [1.54, 1.807) is 18.3 Å². The molecule has 3 aromatic rings. The largest absolute Gasteiger partial charge is 0.359 e. The van der Waals surface area contributed by atoms with Crippen molar-refractivity contribution in [1.82, 2.24) is 19.7 Å². The molecule has 0 atom stereocenters. The van der Waals surface area contributed by atoms with Crippen molar-refractivity contribution >= 4 is 11.8 Å². The fourth-order valence-corrected chi connectivity index (χ4v) is 3.19. The van der Waals surface area contributed by atoms with Gasteiger partial charge in [0.2, 0.25) is 0 Å². The average molecular weight is 342 g/mol. The molecule has 0 aliphatic carbocycles. The first-order valence-corrected chi connectivity index (χ1v) is 8.79. The highest BCUT2D eigenvalue weighted by atomic mass is 32.2. The summed E-state index contributed by atoms with van der Waals surface area (Å²) in [6.45, 7) is 1.08. The zero-order valence-electron chi connectivity index (χ0n) is 13.1. The number of fused-ring (bicyclic) bond motifs is 1. The standard InChI is InChI=1S/C17H15FN4OS/c1-24-17-19-8-6-13(20-17)15-14-7-9-23-10-22(14)21-16(15)11-2-4-12(18)5-3-11/h2-6,8H,7,9-10H2,1H3. The number of benzene rings is 1. The number of hydrogen-bond acceptors (Lipinski definition) is 5. The van der Waals surface area contributed by atoms with Gasteiger partial charge in [-0.25, -0.2) is 19.0 Å². The fourth-order valence-electron chi connectivity index (χ4n) is 2.83. The number of hydrogen-bond donors (Lipinski definition) is 0. The van der Waals surface area contributed by atoms with Crippen LogP contribution in [0.4, 0.5) is 4.39 Å². The van der Waals surface area contributed by atoms with E-state index in [1.807, 2.05) is 17.0 Å². The Morgan fingerprint density at radius 3 is 2.83 bits per heavy atom. The Morgan fingerprint density at radius 2 is 2.04 bits per heavy atom. The summed E-state index contributed by atoms with van der Waals surface area (Å²) in [4.78, 5) is 8.87. The second-order valence-corrected chi connectivity index (χ2v) is 6.17. The molecule has 2 aromatic heterocycles. The van der Waals surface area contributed by atoms with E-state index < -0.39 is 0 Å². The van der Waals surface area contributed by atoms with Crippen molar-refractivity contribution in [1.29, 1.82) is 0 Å². The molecule has 0 saturated heterocycles. The zero-order valence-corrected chi connectivity index (χ0v) is 13.9. The highest BCUT2D eigenvalue weighted by molar-refractivity contribution is 7.98. The molecular formula is C17H15FN4OS. The number of ether oxygens (including phenoxy) is 1. The number of aromatic nitrogens is 4. The maximum absolute atomic E-state index is 13.3. The molecular weight excluding hydrogens is 327 g/mol. The van der Waals surface area contributed by atoms with Crippen LogP contribution in [-0.2, 0) is 17.9 Å². The van der Waals surface area contributed by atoms with Gasteiger partial charge in [0.1, 0.15) is 18.2 Å². The van der Waals surface area contributed by atoms with Crippen LogP contribution in [-0.4, -0.2) is 32.6 Å². The van der Waals surface area contributed by atoms with Crippen LogP contribution in [0.5, 0.6) is 0 Å². The molecule has 0 saturated carbocycles. The van der Waals surface area contributed by atoms with Gasteiger partial charge in [-0.2, -0.15) is 5.10 Å². The lowest BCUT2D eigenvalue weighted by molar-refractivity contribution is 0.0482. The van der Waals surface area contributed by atoms with Gasteiger partial charge in [0.25, 0.3) is 0 Å². The predicted molar refractivity (Wildman–Crippen MR) is 90.1 cm³/mol. The highest BCUT2D eigenvalue weighted by Crippen LogP contribution is 2.35. The predicted octanol–water partition coefficient (Wildman–Crippen LogP) is 3.40. The molecule has 0 unspecified atom stereocenters. The Balaban J connectivity index is 1.93. The smallest absolute Gasteiger partial charge is 0.187 e. The lowest BCUT2D eigenvalue weighted by atomic mass is 10.0. The van der Waals surface area contributed by atoms with E-state index in [9.17, 15) is 4.39 Å². The Bertz CT molecular complexity index is 879. The molecule has 24 heavy (non-hydrogen) atoms. The third kappa shape index (κ3) is 2.70. The number of rotatable bonds is 3. The maximum atomic E-state index is 13.3. The number of nitrogens with zero attached hydrogens (tertiary/aromatic N) is 4. The first kappa shape index (κ1) is 15.3. The van der Waals surface area contributed by atoms with Crippen molar-refractivity contribution in [2.24, 2.45) is 0 Å². The fraction of sp³-hybridized carbons (Fsp3) is 0.235. The summed E-state index contributed by atoms with van der Waals surface area (Å²) >= 11 is 1.50. The van der Waals surface area contributed by atoms with E-state index in [1.165, 1.54) is 23.9 Å². The van der Waals surface area contributed by atoms with Crippen molar-refractivity contribution in [3.05, 3.63) is 48.0 Å². The molecule has 7 heteroatoms. The van der Waals surface area contributed by atoms with E-state index >= 15 is 0 Å². The Morgan fingerprint density at radius 1 is 1.21 bits per heavy atom. The van der Waals surface area contributed by atoms with Gasteiger partial charge in [-0.15, -0.1) is 0 Å². The van der Waals surface area contributed by atoms with Gasteiger partial charge in [0.15, 0.2) is 5.16 Å². The monoisotopic (exact) mass is 342 g/mol. The topological polar surface area (TPSA) is 52.8 Å². The van der Waals surface area contributed by atoms with Gasteiger partial charge >= 0.3 is 0 Å². The third-order valence-corrected chi connectivity index (χ3v) is 4.51. The molecule has 5 nitrogen and oxygen atoms in total. The summed E-state index contributed by atoms with van der Waals surface area (Å²) in [6, 6.07) is 8.26. The quantitative estimate of drug-likeness (QED) is 0.539. The molecule has 0 fully saturated rings. The van der Waals surface area contributed by atoms with Crippen LogP contribution in [0.25, 0.3) is 22.5 Å². The van der Waals surface area contributed by atoms with Crippen molar-refractivity contribution in [2.75, 3.05) is 12.9 Å². The van der Waals surface area contributed by atoms with Gasteiger partial charge in [-0.3, -0.25) is 0 Å². The maximum Gasteiger partial charge on any atom is 0.187 e. The van der Waals surface area contributed by atoms with Crippen LogP contribution < -0.4 is 0 Å². The lowest BCUT2D eigenvalue weighted by Crippen LogP contribution is -2.17. The van der Waals surface area contributed by atoms with Crippen molar-refractivity contribution in [3.63, 3.8) is 0 Å². The van der Waals surface area contributed by atoms with E-state index in [0.29, 0.717) is 18.5 Å². The van der Waals surface area contributed by atoms with Gasteiger partial charge in [-0.1, -0.05) is 11.8 Å². The third-order valence-electron chi connectivity index (χ3n) is 3.94. The summed E-state index contributed by atoms with van der Waals surface area (Å²) in [7, 11) is 0. The van der Waals surface area contributed by atoms with E-state index in [-0.39, 0.29) is 5.82 Å². The van der Waals surface area contributed by atoms with Crippen LogP contribution in [0.3, 0.4) is 0 Å². The minimum atomic E-state index is -0.265. The van der Waals surface area contributed by atoms with Crippen LogP contribution in [0.1, 0.15) is 5.69 Å². The van der Waals surface area contributed by atoms with Gasteiger partial charge in [-0.05, 0) is 36.6 Å². The Labute approximate surface area is 142 Å². The van der Waals surface area contributed by atoms with E-state index in [0.717, 1.165) is 34.6 Å². The van der Waals surface area contributed by atoms with Crippen molar-refractivity contribution in [2.45, 2.75) is 18.3 Å². The van der Waals surface area contributed by atoms with Gasteiger partial charge in [0, 0.05) is 23.7 Å². The number of thioether (sulfide) groups is 1. The minimum absolute atomic E-state index is 0.265. The molecule has 122 valence electrons. The Hall–Kier alpha value is -2.25. The summed E-state index contributed by atoms with van der Waals surface area (Å²) in [5.41, 5.74) is 4.55. The molecule has 0 spiro atoms. The summed E-state index contributed by atoms with van der Waals surface area (Å²) < 4.78 is 20.6. The SMILES string of the molecule is CSc1nccc(-c2c(-c3ccc(F)cc3)nn3c2CCOC3)n1. The molecule has 4 rings (SSSR count). The molecule has 1 aliphatic rings. The Kier molecular flexibility index (Phi) is 4.03. The van der Waals surface area contributed by atoms with Crippen LogP contribution >= 0.6 is 11.8 Å². The van der Waals surface area contributed by atoms with Crippen LogP contribution in [0.15, 0.2) is 41.7 Å². The van der Waals surface area contributed by atoms with Crippen LogP contribution in [0.2, 0.25) is 0 Å². The molecule has 3 heterocycles. The molecule has 0 amide bonds. The summed E-state index contributed by atoms with van der Waals surface area (Å²) in [5, 5.41) is 5.40. The molecule has 1 aliphatic heterocycles. The molecule has 0 radical (unpaired) electrons. The minimum Gasteiger partial charge on any atom is -0.359 e. The van der Waals surface area contributed by atoms with Crippen LogP contribution in [0, 0.1) is 5.82 Å². The van der Waals surface area contributed by atoms with Gasteiger partial charge < -0.3 is 4.74 Å². The van der Waals surface area contributed by atoms with E-state index in [4.69, 9.17) is 4.74 Å². The molecule has 1 aromatic carbocycles. The van der Waals surface area contributed by atoms with E-state index in [2.05, 4.69) is 15.1 Å². The van der Waals surface area contributed by atoms with Crippen molar-refractivity contribution in [3.8, 4) is 22.5 Å². The molecule has 0 N–H and O–H groups in total. The first-order valence-electron chi connectivity index (χ1n) is 7.57. The summed E-state index contributed by atoms with van der Waals surface area (Å²) in [6.07, 6.45) is 4.47. The zero-order chi connectivity index (χ0) is 16.5. The highest BCUT2D eigenvalue weighted by Gasteiger charge is 2.24. The second kappa shape index (κ2) is 6.33. The lowest BCUT2D eigenvalue weighted by Gasteiger charge is -2.15. The normalized spacial score (nSPS) is 13.8. The first-order chi connectivity index (χ1) is 11.8. The second-order valence-electron chi connectivity index (χ2n) is 5.39. The number of halogens is 1. The molecule has 0 bridgehead atoms. The average Bonchev–Trinajstić information content (AvgIpc) is 3.02.